The van der Waals surface area contributed by atoms with E-state index in [0.29, 0.717) is 0 Å². The molecule has 2 aromatic rings. The van der Waals surface area contributed by atoms with Crippen LogP contribution in [0.4, 0.5) is 0 Å². The molecule has 0 unspecified atom stereocenters. The van der Waals surface area contributed by atoms with Crippen molar-refractivity contribution in [2.24, 2.45) is 0 Å². The highest BCUT2D eigenvalue weighted by molar-refractivity contribution is 7.99. The summed E-state index contributed by atoms with van der Waals surface area (Å²) in [6.07, 6.45) is 4.25. The number of hydrogen-bond acceptors (Lipinski definition) is 2. The van der Waals surface area contributed by atoms with Crippen molar-refractivity contribution in [2.45, 2.75) is 24.4 Å². The van der Waals surface area contributed by atoms with E-state index in [1.54, 1.807) is 4.90 Å². The molecule has 18 heavy (non-hydrogen) atoms. The molecule has 0 bridgehead atoms. The third-order valence-electron chi connectivity index (χ3n) is 3.62. The first-order valence-electron chi connectivity index (χ1n) is 6.83. The number of thioether (sulfide) groups is 1. The Kier molecular flexibility index (Phi) is 3.86. The number of para-hydroxylation sites is 2. The SMILES string of the molecule is c1ccc2[nH]c(SCC[NH+]3CCCCC3)nc2c1. The molecule has 3 rings (SSSR count). The zero-order chi connectivity index (χ0) is 12.2. The summed E-state index contributed by atoms with van der Waals surface area (Å²) in [4.78, 5) is 9.74. The fraction of sp³-hybridized carbons (Fsp3) is 0.500. The van der Waals surface area contributed by atoms with Crippen LogP contribution in [0.2, 0.25) is 0 Å². The second-order valence-electron chi connectivity index (χ2n) is 4.97. The van der Waals surface area contributed by atoms with E-state index in [2.05, 4.69) is 22.1 Å². The van der Waals surface area contributed by atoms with Gasteiger partial charge in [0, 0.05) is 0 Å². The number of aromatic amines is 1. The molecular formula is C14H20N3S+. The van der Waals surface area contributed by atoms with Gasteiger partial charge in [0.1, 0.15) is 0 Å². The fourth-order valence-electron chi connectivity index (χ4n) is 2.59. The Bertz CT molecular complexity index is 469. The van der Waals surface area contributed by atoms with Crippen LogP contribution < -0.4 is 4.90 Å². The first-order chi connectivity index (χ1) is 8.92. The van der Waals surface area contributed by atoms with E-state index in [9.17, 15) is 0 Å². The predicted octanol–water partition coefficient (Wildman–Crippen LogP) is 1.72. The van der Waals surface area contributed by atoms with Crippen LogP contribution in [0.15, 0.2) is 29.4 Å². The van der Waals surface area contributed by atoms with E-state index in [1.165, 1.54) is 38.9 Å². The summed E-state index contributed by atoms with van der Waals surface area (Å²) in [6.45, 7) is 3.99. The van der Waals surface area contributed by atoms with Gasteiger partial charge in [0.25, 0.3) is 0 Å². The maximum absolute atomic E-state index is 4.59. The molecule has 0 amide bonds. The number of fused-ring (bicyclic) bond motifs is 1. The van der Waals surface area contributed by atoms with E-state index in [-0.39, 0.29) is 0 Å². The number of imidazole rings is 1. The van der Waals surface area contributed by atoms with Gasteiger partial charge in [-0.25, -0.2) is 4.98 Å². The number of likely N-dealkylation sites (tertiary alicyclic amines) is 1. The van der Waals surface area contributed by atoms with Gasteiger partial charge in [-0.3, -0.25) is 0 Å². The van der Waals surface area contributed by atoms with Crippen molar-refractivity contribution in [3.8, 4) is 0 Å². The van der Waals surface area contributed by atoms with Gasteiger partial charge in [0.05, 0.1) is 36.4 Å². The summed E-state index contributed by atoms with van der Waals surface area (Å²) in [5.41, 5.74) is 2.22. The van der Waals surface area contributed by atoms with Crippen LogP contribution in [-0.4, -0.2) is 35.4 Å². The largest absolute Gasteiger partial charge is 0.334 e. The molecule has 1 aliphatic rings. The summed E-state index contributed by atoms with van der Waals surface area (Å²) in [5, 5.41) is 1.06. The minimum absolute atomic E-state index is 1.06. The lowest BCUT2D eigenvalue weighted by atomic mass is 10.1. The Morgan fingerprint density at radius 1 is 1.17 bits per heavy atom. The number of aromatic nitrogens is 2. The Morgan fingerprint density at radius 2 is 2.00 bits per heavy atom. The van der Waals surface area contributed by atoms with Crippen LogP contribution in [0.25, 0.3) is 11.0 Å². The maximum Gasteiger partial charge on any atom is 0.166 e. The standard InChI is InChI=1S/C14H19N3S/c1-4-8-17(9-5-1)10-11-18-14-15-12-6-2-3-7-13(12)16-14/h2-3,6-7H,1,4-5,8-11H2,(H,15,16)/p+1. The Balaban J connectivity index is 1.53. The van der Waals surface area contributed by atoms with Crippen molar-refractivity contribution in [3.05, 3.63) is 24.3 Å². The lowest BCUT2D eigenvalue weighted by Gasteiger charge is -2.22. The number of benzene rings is 1. The van der Waals surface area contributed by atoms with Gasteiger partial charge >= 0.3 is 0 Å². The van der Waals surface area contributed by atoms with Crippen LogP contribution in [0.1, 0.15) is 19.3 Å². The molecule has 0 saturated carbocycles. The first-order valence-corrected chi connectivity index (χ1v) is 7.81. The number of H-pyrrole nitrogens is 1. The highest BCUT2D eigenvalue weighted by Crippen LogP contribution is 2.18. The number of nitrogens with one attached hydrogen (secondary N) is 2. The van der Waals surface area contributed by atoms with Gasteiger partial charge in [-0.1, -0.05) is 23.9 Å². The van der Waals surface area contributed by atoms with E-state index in [1.807, 2.05) is 23.9 Å². The van der Waals surface area contributed by atoms with E-state index in [0.717, 1.165) is 21.9 Å². The number of nitrogens with zero attached hydrogens (tertiary/aromatic N) is 1. The van der Waals surface area contributed by atoms with Gasteiger partial charge in [-0.15, -0.1) is 0 Å². The third kappa shape index (κ3) is 2.87. The molecule has 0 atom stereocenters. The van der Waals surface area contributed by atoms with E-state index in [4.69, 9.17) is 0 Å². The number of piperidine rings is 1. The Labute approximate surface area is 112 Å². The summed E-state index contributed by atoms with van der Waals surface area (Å²) in [5.74, 6) is 1.16. The van der Waals surface area contributed by atoms with Gasteiger partial charge in [0.2, 0.25) is 0 Å². The smallest absolute Gasteiger partial charge is 0.166 e. The molecule has 1 aromatic carbocycles. The lowest BCUT2D eigenvalue weighted by molar-refractivity contribution is -0.902. The maximum atomic E-state index is 4.59. The van der Waals surface area contributed by atoms with Crippen molar-refractivity contribution in [1.29, 1.82) is 0 Å². The molecule has 1 aromatic heterocycles. The van der Waals surface area contributed by atoms with Crippen LogP contribution in [0.3, 0.4) is 0 Å². The van der Waals surface area contributed by atoms with Crippen molar-refractivity contribution in [3.63, 3.8) is 0 Å². The highest BCUT2D eigenvalue weighted by Gasteiger charge is 2.13. The topological polar surface area (TPSA) is 33.1 Å². The molecule has 2 heterocycles. The molecule has 1 fully saturated rings. The number of hydrogen-bond donors (Lipinski definition) is 2. The van der Waals surface area contributed by atoms with Crippen LogP contribution in [-0.2, 0) is 0 Å². The van der Waals surface area contributed by atoms with Gasteiger partial charge in [-0.05, 0) is 31.4 Å². The van der Waals surface area contributed by atoms with Crippen molar-refractivity contribution in [2.75, 3.05) is 25.4 Å². The zero-order valence-corrected chi connectivity index (χ0v) is 11.4. The average molecular weight is 262 g/mol. The highest BCUT2D eigenvalue weighted by atomic mass is 32.2. The van der Waals surface area contributed by atoms with Gasteiger partial charge < -0.3 is 9.88 Å². The molecular weight excluding hydrogens is 242 g/mol. The molecule has 0 aliphatic carbocycles. The van der Waals surface area contributed by atoms with Gasteiger partial charge in [-0.2, -0.15) is 0 Å². The quantitative estimate of drug-likeness (QED) is 0.823. The van der Waals surface area contributed by atoms with E-state index < -0.39 is 0 Å². The second kappa shape index (κ2) is 5.76. The minimum atomic E-state index is 1.06. The molecule has 4 heteroatoms. The molecule has 0 radical (unpaired) electrons. The molecule has 1 aliphatic heterocycles. The number of quaternary nitrogens is 1. The normalized spacial score (nSPS) is 17.3. The van der Waals surface area contributed by atoms with E-state index >= 15 is 0 Å². The monoisotopic (exact) mass is 262 g/mol. The molecule has 1 saturated heterocycles. The summed E-state index contributed by atoms with van der Waals surface area (Å²) in [6, 6.07) is 8.23. The average Bonchev–Trinajstić information content (AvgIpc) is 2.82. The summed E-state index contributed by atoms with van der Waals surface area (Å²) < 4.78 is 0. The fourth-order valence-corrected chi connectivity index (χ4v) is 3.52. The molecule has 0 spiro atoms. The first kappa shape index (κ1) is 12.1. The second-order valence-corrected chi connectivity index (χ2v) is 6.05. The van der Waals surface area contributed by atoms with Crippen molar-refractivity contribution < 1.29 is 4.90 Å². The van der Waals surface area contributed by atoms with Crippen LogP contribution in [0, 0.1) is 0 Å². The van der Waals surface area contributed by atoms with Crippen molar-refractivity contribution in [1.82, 2.24) is 9.97 Å². The minimum Gasteiger partial charge on any atom is -0.334 e. The van der Waals surface area contributed by atoms with Gasteiger partial charge in [0.15, 0.2) is 5.16 Å². The van der Waals surface area contributed by atoms with Crippen LogP contribution in [0.5, 0.6) is 0 Å². The lowest BCUT2D eigenvalue weighted by Crippen LogP contribution is -3.13. The third-order valence-corrected chi connectivity index (χ3v) is 4.50. The molecule has 3 nitrogen and oxygen atoms in total. The molecule has 96 valence electrons. The Hall–Kier alpha value is -1.00. The predicted molar refractivity (Wildman–Crippen MR) is 76.2 cm³/mol. The summed E-state index contributed by atoms with van der Waals surface area (Å²) in [7, 11) is 0. The van der Waals surface area contributed by atoms with Crippen LogP contribution >= 0.6 is 11.8 Å². The zero-order valence-electron chi connectivity index (χ0n) is 10.6. The summed E-state index contributed by atoms with van der Waals surface area (Å²) >= 11 is 1.85. The number of rotatable bonds is 4. The molecule has 2 N–H and O–H groups in total. The Morgan fingerprint density at radius 3 is 2.83 bits per heavy atom. The van der Waals surface area contributed by atoms with Crippen molar-refractivity contribution >= 4 is 22.8 Å².